The lowest BCUT2D eigenvalue weighted by Gasteiger charge is -2.34. The Morgan fingerprint density at radius 3 is 2.54 bits per heavy atom. The predicted octanol–water partition coefficient (Wildman–Crippen LogP) is 3.36. The number of hydrogen-bond donors (Lipinski definition) is 1. The maximum absolute atomic E-state index is 6.06. The molecule has 1 aliphatic heterocycles. The third kappa shape index (κ3) is 6.16. The summed E-state index contributed by atoms with van der Waals surface area (Å²) in [6.45, 7) is 2.76. The molecule has 1 aromatic heterocycles. The van der Waals surface area contributed by atoms with Crippen LogP contribution < -0.4 is 10.1 Å². The van der Waals surface area contributed by atoms with E-state index < -0.39 is 0 Å². The summed E-state index contributed by atoms with van der Waals surface area (Å²) in [7, 11) is 1.84. The maximum atomic E-state index is 6.06. The second kappa shape index (κ2) is 11.0. The van der Waals surface area contributed by atoms with E-state index in [0.29, 0.717) is 0 Å². The molecule has 1 fully saturated rings. The molecule has 140 valence electrons. The summed E-state index contributed by atoms with van der Waals surface area (Å²) in [6, 6.07) is 16.1. The van der Waals surface area contributed by atoms with E-state index in [9.17, 15) is 0 Å². The minimum Gasteiger partial charge on any atom is -0.490 e. The SMILES string of the molecule is CN=C(NCCc1ccccn1)N1CCC(Oc2ccccc2)CC1.I. The summed E-state index contributed by atoms with van der Waals surface area (Å²) < 4.78 is 6.06. The monoisotopic (exact) mass is 466 g/mol. The van der Waals surface area contributed by atoms with Crippen molar-refractivity contribution in [2.75, 3.05) is 26.7 Å². The second-order valence-electron chi connectivity index (χ2n) is 6.16. The zero-order valence-corrected chi connectivity index (χ0v) is 17.5. The van der Waals surface area contributed by atoms with Crippen molar-refractivity contribution in [3.05, 3.63) is 60.4 Å². The smallest absolute Gasteiger partial charge is 0.193 e. The van der Waals surface area contributed by atoms with Crippen LogP contribution in [0.1, 0.15) is 18.5 Å². The number of nitrogens with one attached hydrogen (secondary N) is 1. The van der Waals surface area contributed by atoms with E-state index in [-0.39, 0.29) is 30.1 Å². The number of hydrogen-bond acceptors (Lipinski definition) is 3. The highest BCUT2D eigenvalue weighted by atomic mass is 127. The Kier molecular flexibility index (Phi) is 8.67. The van der Waals surface area contributed by atoms with Crippen LogP contribution in [-0.2, 0) is 6.42 Å². The fraction of sp³-hybridized carbons (Fsp3) is 0.400. The molecule has 0 saturated carbocycles. The molecule has 0 atom stereocenters. The number of benzene rings is 1. The van der Waals surface area contributed by atoms with Gasteiger partial charge in [-0.25, -0.2) is 0 Å². The fourth-order valence-corrected chi connectivity index (χ4v) is 3.06. The second-order valence-corrected chi connectivity index (χ2v) is 6.16. The van der Waals surface area contributed by atoms with E-state index in [4.69, 9.17) is 4.74 Å². The molecule has 0 unspecified atom stereocenters. The molecule has 5 nitrogen and oxygen atoms in total. The molecule has 6 heteroatoms. The van der Waals surface area contributed by atoms with Gasteiger partial charge in [0.15, 0.2) is 5.96 Å². The Morgan fingerprint density at radius 2 is 1.88 bits per heavy atom. The molecule has 2 heterocycles. The minimum absolute atomic E-state index is 0. The predicted molar refractivity (Wildman–Crippen MR) is 116 cm³/mol. The Morgan fingerprint density at radius 1 is 1.15 bits per heavy atom. The summed E-state index contributed by atoms with van der Waals surface area (Å²) in [6.07, 6.45) is 5.03. The lowest BCUT2D eigenvalue weighted by Crippen LogP contribution is -2.47. The highest BCUT2D eigenvalue weighted by Gasteiger charge is 2.22. The van der Waals surface area contributed by atoms with E-state index in [2.05, 4.69) is 26.3 Å². The van der Waals surface area contributed by atoms with Gasteiger partial charge in [-0.15, -0.1) is 24.0 Å². The van der Waals surface area contributed by atoms with Gasteiger partial charge in [0.25, 0.3) is 0 Å². The number of ether oxygens (including phenoxy) is 1. The van der Waals surface area contributed by atoms with Crippen LogP contribution in [0.25, 0.3) is 0 Å². The zero-order chi connectivity index (χ0) is 17.3. The highest BCUT2D eigenvalue weighted by Crippen LogP contribution is 2.18. The van der Waals surface area contributed by atoms with Crippen LogP contribution in [0.4, 0.5) is 0 Å². The van der Waals surface area contributed by atoms with Gasteiger partial charge in [0.2, 0.25) is 0 Å². The molecule has 1 N–H and O–H groups in total. The van der Waals surface area contributed by atoms with Crippen molar-refractivity contribution >= 4 is 29.9 Å². The number of nitrogens with zero attached hydrogens (tertiary/aromatic N) is 3. The van der Waals surface area contributed by atoms with Crippen LogP contribution in [0.3, 0.4) is 0 Å². The Labute approximate surface area is 172 Å². The van der Waals surface area contributed by atoms with Gasteiger partial charge in [0, 0.05) is 57.8 Å². The number of aliphatic imine (C=N–C) groups is 1. The molecule has 26 heavy (non-hydrogen) atoms. The summed E-state index contributed by atoms with van der Waals surface area (Å²) >= 11 is 0. The Balaban J connectivity index is 0.00000243. The van der Waals surface area contributed by atoms with Crippen molar-refractivity contribution in [3.63, 3.8) is 0 Å². The van der Waals surface area contributed by atoms with Crippen LogP contribution in [0.2, 0.25) is 0 Å². The molecule has 1 aromatic carbocycles. The van der Waals surface area contributed by atoms with Crippen LogP contribution in [0, 0.1) is 0 Å². The summed E-state index contributed by atoms with van der Waals surface area (Å²) in [5, 5.41) is 3.45. The van der Waals surface area contributed by atoms with E-state index in [1.54, 1.807) is 0 Å². The van der Waals surface area contributed by atoms with Crippen molar-refractivity contribution < 1.29 is 4.74 Å². The zero-order valence-electron chi connectivity index (χ0n) is 15.2. The van der Waals surface area contributed by atoms with Crippen molar-refractivity contribution in [1.29, 1.82) is 0 Å². The first-order valence-electron chi connectivity index (χ1n) is 8.92. The number of halogens is 1. The van der Waals surface area contributed by atoms with Crippen LogP contribution >= 0.6 is 24.0 Å². The molecule has 0 radical (unpaired) electrons. The molecular formula is C20H27IN4O. The largest absolute Gasteiger partial charge is 0.490 e. The Bertz CT molecular complexity index is 658. The van der Waals surface area contributed by atoms with Crippen LogP contribution in [0.15, 0.2) is 59.7 Å². The fourth-order valence-electron chi connectivity index (χ4n) is 3.06. The first kappa shape index (κ1) is 20.5. The molecular weight excluding hydrogens is 439 g/mol. The van der Waals surface area contributed by atoms with Gasteiger partial charge in [-0.05, 0) is 24.3 Å². The molecule has 0 aliphatic carbocycles. The number of pyridine rings is 1. The molecule has 0 amide bonds. The van der Waals surface area contributed by atoms with Crippen molar-refractivity contribution in [1.82, 2.24) is 15.2 Å². The average Bonchev–Trinajstić information content (AvgIpc) is 2.68. The Hall–Kier alpha value is -1.83. The van der Waals surface area contributed by atoms with Crippen molar-refractivity contribution in [2.24, 2.45) is 4.99 Å². The van der Waals surface area contributed by atoms with Gasteiger partial charge >= 0.3 is 0 Å². The van der Waals surface area contributed by atoms with Gasteiger partial charge in [-0.1, -0.05) is 24.3 Å². The number of guanidine groups is 1. The number of aromatic nitrogens is 1. The van der Waals surface area contributed by atoms with Gasteiger partial charge in [0.1, 0.15) is 11.9 Å². The van der Waals surface area contributed by atoms with Crippen LogP contribution in [0.5, 0.6) is 5.75 Å². The third-order valence-corrected chi connectivity index (χ3v) is 4.39. The molecule has 1 aliphatic rings. The molecule has 2 aromatic rings. The van der Waals surface area contributed by atoms with Gasteiger partial charge in [0.05, 0.1) is 0 Å². The first-order chi connectivity index (χ1) is 12.3. The average molecular weight is 466 g/mol. The summed E-state index contributed by atoms with van der Waals surface area (Å²) in [5.41, 5.74) is 1.10. The topological polar surface area (TPSA) is 49.8 Å². The quantitative estimate of drug-likeness (QED) is 0.417. The molecule has 0 spiro atoms. The molecule has 0 bridgehead atoms. The van der Waals surface area contributed by atoms with Gasteiger partial charge in [-0.2, -0.15) is 0 Å². The number of likely N-dealkylation sites (tertiary alicyclic amines) is 1. The molecule has 1 saturated heterocycles. The van der Waals surface area contributed by atoms with Crippen molar-refractivity contribution in [2.45, 2.75) is 25.4 Å². The van der Waals surface area contributed by atoms with E-state index in [1.807, 2.05) is 55.7 Å². The van der Waals surface area contributed by atoms with E-state index >= 15 is 0 Å². The standard InChI is InChI=1S/C20H26N4O.HI/c1-21-20(23-14-10-17-7-5-6-13-22-17)24-15-11-19(12-16-24)25-18-8-3-2-4-9-18;/h2-9,13,19H,10-12,14-16H2,1H3,(H,21,23);1H. The summed E-state index contributed by atoms with van der Waals surface area (Å²) in [5.74, 6) is 1.92. The third-order valence-electron chi connectivity index (χ3n) is 4.39. The van der Waals surface area contributed by atoms with Gasteiger partial charge < -0.3 is 15.0 Å². The van der Waals surface area contributed by atoms with Gasteiger partial charge in [-0.3, -0.25) is 9.98 Å². The van der Waals surface area contributed by atoms with Crippen LogP contribution in [-0.4, -0.2) is 48.6 Å². The number of para-hydroxylation sites is 1. The lowest BCUT2D eigenvalue weighted by molar-refractivity contribution is 0.129. The lowest BCUT2D eigenvalue weighted by atomic mass is 10.1. The minimum atomic E-state index is 0. The normalized spacial score (nSPS) is 15.3. The van der Waals surface area contributed by atoms with Crippen molar-refractivity contribution in [3.8, 4) is 5.75 Å². The number of rotatable bonds is 5. The first-order valence-corrected chi connectivity index (χ1v) is 8.92. The maximum Gasteiger partial charge on any atom is 0.193 e. The highest BCUT2D eigenvalue weighted by molar-refractivity contribution is 14.0. The number of piperidine rings is 1. The van der Waals surface area contributed by atoms with E-state index in [0.717, 1.165) is 56.3 Å². The summed E-state index contributed by atoms with van der Waals surface area (Å²) in [4.78, 5) is 11.1. The molecule has 3 rings (SSSR count). The van der Waals surface area contributed by atoms with E-state index in [1.165, 1.54) is 0 Å².